The van der Waals surface area contributed by atoms with Crippen molar-refractivity contribution in [3.05, 3.63) is 33.4 Å². The summed E-state index contributed by atoms with van der Waals surface area (Å²) in [5.74, 6) is -13.3. The lowest BCUT2D eigenvalue weighted by molar-refractivity contribution is -0.385. The van der Waals surface area contributed by atoms with Crippen LogP contribution >= 0.6 is 0 Å². The lowest BCUT2D eigenvalue weighted by Gasteiger charge is -2.56. The minimum atomic E-state index is -3.06. The maximum absolute atomic E-state index is 13.7. The Morgan fingerprint density at radius 3 is 2.29 bits per heavy atom. The number of fused-ring (bicyclic) bond motifs is 3. The Kier molecular flexibility index (Phi) is 5.69. The summed E-state index contributed by atoms with van der Waals surface area (Å²) in [5.41, 5.74) is 1.23. The first-order valence-corrected chi connectivity index (χ1v) is 10.9. The Bertz CT molecular complexity index is 1180. The first-order valence-electron chi connectivity index (χ1n) is 10.9. The molecule has 13 heteroatoms. The molecule has 188 valence electrons. The first-order chi connectivity index (χ1) is 16.2. The fraction of sp³-hybridized carbons (Fsp3) is 0.545. The van der Waals surface area contributed by atoms with Crippen LogP contribution in [0.15, 0.2) is 12.1 Å². The van der Waals surface area contributed by atoms with E-state index in [0.717, 1.165) is 6.07 Å². The summed E-state index contributed by atoms with van der Waals surface area (Å²) in [6.07, 6.45) is -3.79. The molecule has 2 fully saturated rings. The number of hydrogen-bond acceptors (Lipinski definition) is 12. The minimum absolute atomic E-state index is 0.141. The van der Waals surface area contributed by atoms with E-state index in [1.807, 2.05) is 0 Å². The lowest BCUT2D eigenvalue weighted by Crippen LogP contribution is -2.78. The SMILES string of the molecule is C[C@H]1c2ccc([N+](=O)[O-])c(O)c2C(=O)C2C(=O)[C@]3(O)C(=O)C(C(N)O)C(=O)[C@@H](N(C)C)[C@@H]3[C@@H](O)[C@@H]21. The topological polar surface area (TPSA) is 222 Å². The number of nitrogens with two attached hydrogens (primary N) is 1. The molecule has 2 saturated carbocycles. The highest BCUT2D eigenvalue weighted by Gasteiger charge is 2.72. The summed E-state index contributed by atoms with van der Waals surface area (Å²) >= 11 is 0. The number of phenolic OH excluding ortho intramolecular Hbond substituents is 1. The Morgan fingerprint density at radius 1 is 1.17 bits per heavy atom. The number of aliphatic hydroxyl groups is 3. The second kappa shape index (κ2) is 7.96. The Labute approximate surface area is 198 Å². The Morgan fingerprint density at radius 2 is 1.77 bits per heavy atom. The van der Waals surface area contributed by atoms with Gasteiger partial charge in [0.2, 0.25) is 5.75 Å². The molecule has 0 spiro atoms. The average Bonchev–Trinajstić information content (AvgIpc) is 2.75. The number of carbonyl (C=O) groups is 4. The smallest absolute Gasteiger partial charge is 0.311 e. The van der Waals surface area contributed by atoms with Gasteiger partial charge >= 0.3 is 5.69 Å². The standard InChI is InChI=1S/C22H25N3O10/c1-6-7-4-5-8(25(34)35)15(26)10(7)16(27)11-9(6)17(28)13-14(24(2)3)18(29)12(21(23)32)20(31)22(13,33)19(11)30/h4-6,9,11-14,17,21,26,28,32-33H,23H2,1-3H3/t6-,9+,11?,12?,13+,14-,17-,21?,22-/m0/s1. The Balaban J connectivity index is 1.96. The molecule has 0 bridgehead atoms. The van der Waals surface area contributed by atoms with E-state index < -0.39 is 98.6 Å². The highest BCUT2D eigenvalue weighted by Crippen LogP contribution is 2.55. The third-order valence-electron chi connectivity index (χ3n) is 7.76. The predicted octanol–water partition coefficient (Wildman–Crippen LogP) is -1.90. The van der Waals surface area contributed by atoms with Crippen LogP contribution in [0.4, 0.5) is 5.69 Å². The number of nitro benzene ring substituents is 1. The van der Waals surface area contributed by atoms with Crippen LogP contribution in [-0.4, -0.2) is 91.5 Å². The zero-order valence-corrected chi connectivity index (χ0v) is 19.0. The van der Waals surface area contributed by atoms with Gasteiger partial charge in [-0.15, -0.1) is 0 Å². The van der Waals surface area contributed by atoms with Gasteiger partial charge in [0.1, 0.15) is 12.1 Å². The van der Waals surface area contributed by atoms with Crippen LogP contribution in [0.1, 0.15) is 28.8 Å². The van der Waals surface area contributed by atoms with E-state index in [-0.39, 0.29) is 5.56 Å². The average molecular weight is 491 g/mol. The summed E-state index contributed by atoms with van der Waals surface area (Å²) in [4.78, 5) is 65.3. The van der Waals surface area contributed by atoms with Crippen LogP contribution in [0, 0.1) is 33.8 Å². The molecule has 0 radical (unpaired) electrons. The number of ketones is 4. The van der Waals surface area contributed by atoms with Gasteiger partial charge in [-0.05, 0) is 25.6 Å². The molecule has 0 saturated heterocycles. The van der Waals surface area contributed by atoms with Crippen LogP contribution in [0.2, 0.25) is 0 Å². The first kappa shape index (κ1) is 25.0. The molecule has 9 atom stereocenters. The second-order valence-electron chi connectivity index (χ2n) is 9.65. The quantitative estimate of drug-likeness (QED) is 0.135. The van der Waals surface area contributed by atoms with Gasteiger partial charge in [-0.25, -0.2) is 0 Å². The fourth-order valence-corrected chi connectivity index (χ4v) is 6.21. The van der Waals surface area contributed by atoms with Crippen molar-refractivity contribution in [1.29, 1.82) is 0 Å². The van der Waals surface area contributed by atoms with E-state index in [0.29, 0.717) is 0 Å². The summed E-state index contributed by atoms with van der Waals surface area (Å²) < 4.78 is 0. The summed E-state index contributed by atoms with van der Waals surface area (Å²) in [6.45, 7) is 1.53. The molecule has 0 heterocycles. The van der Waals surface area contributed by atoms with Crippen LogP contribution in [0.5, 0.6) is 5.75 Å². The van der Waals surface area contributed by atoms with Gasteiger partial charge in [-0.1, -0.05) is 13.0 Å². The monoisotopic (exact) mass is 491 g/mol. The van der Waals surface area contributed by atoms with Gasteiger partial charge in [-0.3, -0.25) is 34.2 Å². The molecule has 35 heavy (non-hydrogen) atoms. The van der Waals surface area contributed by atoms with Crippen molar-refractivity contribution in [2.75, 3.05) is 14.1 Å². The number of aliphatic hydroxyl groups excluding tert-OH is 2. The van der Waals surface area contributed by atoms with Crippen molar-refractivity contribution < 1.29 is 44.5 Å². The normalized spacial score (nSPS) is 37.5. The van der Waals surface area contributed by atoms with Gasteiger partial charge in [0.05, 0.1) is 34.5 Å². The largest absolute Gasteiger partial charge is 0.502 e. The lowest BCUT2D eigenvalue weighted by atomic mass is 9.49. The number of hydrogen-bond donors (Lipinski definition) is 5. The maximum Gasteiger partial charge on any atom is 0.311 e. The molecule has 3 aliphatic rings. The molecule has 1 aromatic rings. The molecule has 0 amide bonds. The van der Waals surface area contributed by atoms with Crippen molar-refractivity contribution in [3.8, 4) is 5.75 Å². The van der Waals surface area contributed by atoms with Crippen LogP contribution in [0.25, 0.3) is 0 Å². The van der Waals surface area contributed by atoms with Gasteiger partial charge in [0.25, 0.3) is 0 Å². The third-order valence-corrected chi connectivity index (χ3v) is 7.76. The maximum atomic E-state index is 13.7. The third kappa shape index (κ3) is 3.06. The molecule has 3 aliphatic carbocycles. The van der Waals surface area contributed by atoms with Crippen LogP contribution in [0.3, 0.4) is 0 Å². The van der Waals surface area contributed by atoms with Gasteiger partial charge in [-0.2, -0.15) is 0 Å². The number of aromatic hydroxyl groups is 1. The van der Waals surface area contributed by atoms with Gasteiger partial charge in [0.15, 0.2) is 28.7 Å². The molecule has 0 aliphatic heterocycles. The number of phenols is 1. The van der Waals surface area contributed by atoms with Crippen molar-refractivity contribution in [3.63, 3.8) is 0 Å². The number of nitro groups is 1. The number of benzene rings is 1. The van der Waals surface area contributed by atoms with Gasteiger partial charge in [0, 0.05) is 12.0 Å². The molecule has 1 aromatic carbocycles. The number of carbonyl (C=O) groups excluding carboxylic acids is 4. The van der Waals surface area contributed by atoms with Crippen molar-refractivity contribution in [2.45, 2.75) is 36.8 Å². The summed E-state index contributed by atoms with van der Waals surface area (Å²) in [5, 5.41) is 54.6. The highest BCUT2D eigenvalue weighted by molar-refractivity contribution is 6.27. The van der Waals surface area contributed by atoms with E-state index in [4.69, 9.17) is 5.73 Å². The molecular formula is C22H25N3O10. The van der Waals surface area contributed by atoms with E-state index in [2.05, 4.69) is 0 Å². The molecule has 3 unspecified atom stereocenters. The molecule has 4 rings (SSSR count). The van der Waals surface area contributed by atoms with E-state index in [9.17, 15) is 49.7 Å². The molecular weight excluding hydrogens is 466 g/mol. The van der Waals surface area contributed by atoms with E-state index in [1.165, 1.54) is 32.0 Å². The number of nitrogens with zero attached hydrogens (tertiary/aromatic N) is 2. The molecule has 0 aromatic heterocycles. The zero-order valence-electron chi connectivity index (χ0n) is 19.0. The predicted molar refractivity (Wildman–Crippen MR) is 115 cm³/mol. The Hall–Kier alpha value is -3.10. The fourth-order valence-electron chi connectivity index (χ4n) is 6.21. The van der Waals surface area contributed by atoms with E-state index >= 15 is 0 Å². The van der Waals surface area contributed by atoms with Crippen molar-refractivity contribution in [1.82, 2.24) is 4.90 Å². The van der Waals surface area contributed by atoms with Crippen molar-refractivity contribution >= 4 is 28.8 Å². The van der Waals surface area contributed by atoms with Crippen LogP contribution < -0.4 is 5.73 Å². The summed E-state index contributed by atoms with van der Waals surface area (Å²) in [7, 11) is 2.84. The molecule has 6 N–H and O–H groups in total. The summed E-state index contributed by atoms with van der Waals surface area (Å²) in [6, 6.07) is 0.829. The van der Waals surface area contributed by atoms with Crippen LogP contribution in [-0.2, 0) is 14.4 Å². The van der Waals surface area contributed by atoms with E-state index in [1.54, 1.807) is 0 Å². The highest BCUT2D eigenvalue weighted by atomic mass is 16.6. The number of rotatable bonds is 3. The minimum Gasteiger partial charge on any atom is -0.502 e. The zero-order chi connectivity index (χ0) is 26.3. The van der Waals surface area contributed by atoms with Crippen molar-refractivity contribution in [2.24, 2.45) is 29.4 Å². The number of likely N-dealkylation sites (N-methyl/N-ethyl adjacent to an activating group) is 1. The number of Topliss-reactive ketones (excluding diaryl/α,β-unsaturated/α-hetero) is 4. The van der Waals surface area contributed by atoms with Gasteiger partial charge < -0.3 is 26.2 Å². The molecule has 13 nitrogen and oxygen atoms in total. The second-order valence-corrected chi connectivity index (χ2v) is 9.65.